The van der Waals surface area contributed by atoms with Crippen LogP contribution >= 0.6 is 11.9 Å². The molecule has 0 aromatic heterocycles. The van der Waals surface area contributed by atoms with Crippen LogP contribution in [0.2, 0.25) is 0 Å². The molecule has 0 saturated heterocycles. The third-order valence-corrected chi connectivity index (χ3v) is 3.39. The minimum absolute atomic E-state index is 0.111. The smallest absolute Gasteiger partial charge is 0.305 e. The summed E-state index contributed by atoms with van der Waals surface area (Å²) < 4.78 is 2.67. The number of nitrogens with one attached hydrogen (secondary N) is 2. The molecule has 1 unspecified atom stereocenters. The molecule has 0 aliphatic heterocycles. The molecular weight excluding hydrogens is 298 g/mol. The van der Waals surface area contributed by atoms with Crippen molar-refractivity contribution in [3.05, 3.63) is 34.4 Å². The van der Waals surface area contributed by atoms with Crippen LogP contribution in [-0.4, -0.2) is 34.5 Å². The third-order valence-electron chi connectivity index (χ3n) is 2.42. The number of likely N-dealkylation sites (N-methyl/N-ethyl adjacent to an activating group) is 1. The predicted octanol–water partition coefficient (Wildman–Crippen LogP) is 1.17. The molecule has 8 nitrogen and oxygen atoms in total. The zero-order valence-electron chi connectivity index (χ0n) is 11.2. The summed E-state index contributed by atoms with van der Waals surface area (Å²) in [6.07, 6.45) is -0.417. The van der Waals surface area contributed by atoms with Gasteiger partial charge >= 0.3 is 5.97 Å². The largest absolute Gasteiger partial charge is 0.481 e. The highest BCUT2D eigenvalue weighted by molar-refractivity contribution is 7.97. The maximum absolute atomic E-state index is 11.7. The predicted molar refractivity (Wildman–Crippen MR) is 76.8 cm³/mol. The van der Waals surface area contributed by atoms with Crippen LogP contribution in [-0.2, 0) is 9.59 Å². The average molecular weight is 313 g/mol. The van der Waals surface area contributed by atoms with E-state index >= 15 is 0 Å². The van der Waals surface area contributed by atoms with Crippen LogP contribution in [0.25, 0.3) is 0 Å². The molecule has 1 amide bonds. The molecule has 1 aromatic rings. The first-order valence-corrected chi connectivity index (χ1v) is 6.92. The van der Waals surface area contributed by atoms with Crippen molar-refractivity contribution in [2.24, 2.45) is 0 Å². The number of carboxylic acids is 1. The lowest BCUT2D eigenvalue weighted by molar-refractivity contribution is -0.387. The lowest BCUT2D eigenvalue weighted by Gasteiger charge is -2.15. The fourth-order valence-corrected chi connectivity index (χ4v) is 2.34. The van der Waals surface area contributed by atoms with E-state index in [2.05, 4.69) is 10.0 Å². The van der Waals surface area contributed by atoms with Crippen LogP contribution in [0.5, 0.6) is 0 Å². The number of carboxylic acid groups (broad SMARTS) is 1. The van der Waals surface area contributed by atoms with Crippen LogP contribution in [0.4, 0.5) is 5.69 Å². The Kier molecular flexibility index (Phi) is 6.63. The van der Waals surface area contributed by atoms with Crippen molar-refractivity contribution in [2.45, 2.75) is 24.3 Å². The number of hydrogen-bond donors (Lipinski definition) is 3. The summed E-state index contributed by atoms with van der Waals surface area (Å²) in [4.78, 5) is 33.1. The Morgan fingerprint density at radius 2 is 2.10 bits per heavy atom. The van der Waals surface area contributed by atoms with Crippen LogP contribution in [0.1, 0.15) is 13.3 Å². The van der Waals surface area contributed by atoms with E-state index in [1.165, 1.54) is 18.2 Å². The molecule has 1 rings (SSSR count). The van der Waals surface area contributed by atoms with Crippen molar-refractivity contribution < 1.29 is 19.6 Å². The standard InChI is InChI=1S/C12H15N3O5S/c1-2-13-12(18)8(7-11(16)17)14-21-10-6-4-3-5-9(10)15(19)20/h3-6,8,14H,2,7H2,1H3,(H,13,18)(H,16,17). The summed E-state index contributed by atoms with van der Waals surface area (Å²) in [6.45, 7) is 2.08. The number of carbonyl (C=O) groups is 2. The monoisotopic (exact) mass is 313 g/mol. The molecule has 0 fully saturated rings. The summed E-state index contributed by atoms with van der Waals surface area (Å²) >= 11 is 0.864. The zero-order chi connectivity index (χ0) is 15.8. The Morgan fingerprint density at radius 3 is 2.67 bits per heavy atom. The van der Waals surface area contributed by atoms with Gasteiger partial charge in [-0.15, -0.1) is 0 Å². The van der Waals surface area contributed by atoms with Gasteiger partial charge in [0.1, 0.15) is 10.9 Å². The van der Waals surface area contributed by atoms with E-state index in [1.807, 2.05) is 0 Å². The molecule has 9 heteroatoms. The highest BCUT2D eigenvalue weighted by Gasteiger charge is 2.22. The van der Waals surface area contributed by atoms with Crippen LogP contribution in [0.15, 0.2) is 29.2 Å². The molecule has 0 heterocycles. The highest BCUT2D eigenvalue weighted by atomic mass is 32.2. The van der Waals surface area contributed by atoms with Crippen LogP contribution < -0.4 is 10.0 Å². The Balaban J connectivity index is 2.79. The van der Waals surface area contributed by atoms with Gasteiger partial charge in [-0.25, -0.2) is 4.72 Å². The van der Waals surface area contributed by atoms with Crippen LogP contribution in [0, 0.1) is 10.1 Å². The SMILES string of the molecule is CCNC(=O)C(CC(=O)O)NSc1ccccc1[N+](=O)[O-]. The third kappa shape index (κ3) is 5.40. The molecule has 3 N–H and O–H groups in total. The Hall–Kier alpha value is -2.13. The normalized spacial score (nSPS) is 11.7. The number of rotatable bonds is 8. The van der Waals surface area contributed by atoms with Gasteiger partial charge in [0.2, 0.25) is 5.91 Å². The number of nitrogens with zero attached hydrogens (tertiary/aromatic N) is 1. The zero-order valence-corrected chi connectivity index (χ0v) is 12.1. The second-order valence-corrected chi connectivity index (χ2v) is 4.87. The molecule has 0 radical (unpaired) electrons. The maximum atomic E-state index is 11.7. The van der Waals surface area contributed by atoms with Gasteiger partial charge < -0.3 is 10.4 Å². The van der Waals surface area contributed by atoms with Gasteiger partial charge in [0.25, 0.3) is 5.69 Å². The van der Waals surface area contributed by atoms with Gasteiger partial charge in [0.15, 0.2) is 0 Å². The van der Waals surface area contributed by atoms with Gasteiger partial charge in [-0.3, -0.25) is 19.7 Å². The molecular formula is C12H15N3O5S. The maximum Gasteiger partial charge on any atom is 0.305 e. The molecule has 0 bridgehead atoms. The van der Waals surface area contributed by atoms with E-state index in [0.717, 1.165) is 11.9 Å². The molecule has 0 spiro atoms. The lowest BCUT2D eigenvalue weighted by atomic mass is 10.2. The summed E-state index contributed by atoms with van der Waals surface area (Å²) in [5.41, 5.74) is -0.111. The molecule has 1 atom stereocenters. The number of nitro groups is 1. The van der Waals surface area contributed by atoms with Gasteiger partial charge in [0, 0.05) is 12.6 Å². The van der Waals surface area contributed by atoms with E-state index in [0.29, 0.717) is 11.4 Å². The summed E-state index contributed by atoms with van der Waals surface area (Å²) in [6, 6.07) is 5.02. The molecule has 0 aliphatic rings. The van der Waals surface area contributed by atoms with E-state index in [-0.39, 0.29) is 5.69 Å². The fourth-order valence-electron chi connectivity index (χ4n) is 1.49. The Labute approximate surface area is 125 Å². The van der Waals surface area contributed by atoms with E-state index in [9.17, 15) is 19.7 Å². The number of para-hydroxylation sites is 1. The summed E-state index contributed by atoms with van der Waals surface area (Å²) in [5, 5.41) is 22.2. The topological polar surface area (TPSA) is 122 Å². The van der Waals surface area contributed by atoms with Crippen molar-refractivity contribution >= 4 is 29.5 Å². The molecule has 21 heavy (non-hydrogen) atoms. The minimum Gasteiger partial charge on any atom is -0.481 e. The second kappa shape index (κ2) is 8.22. The molecule has 0 aliphatic carbocycles. The van der Waals surface area contributed by atoms with E-state index in [4.69, 9.17) is 5.11 Å². The van der Waals surface area contributed by atoms with E-state index in [1.54, 1.807) is 13.0 Å². The quantitative estimate of drug-likeness (QED) is 0.374. The van der Waals surface area contributed by atoms with E-state index < -0.39 is 29.3 Å². The second-order valence-electron chi connectivity index (χ2n) is 3.99. The first kappa shape index (κ1) is 16.9. The Bertz CT molecular complexity index is 537. The van der Waals surface area contributed by atoms with Crippen molar-refractivity contribution in [1.82, 2.24) is 10.0 Å². The number of hydrogen-bond acceptors (Lipinski definition) is 6. The summed E-state index contributed by atoms with van der Waals surface area (Å²) in [7, 11) is 0. The summed E-state index contributed by atoms with van der Waals surface area (Å²) in [5.74, 6) is -1.60. The Morgan fingerprint density at radius 1 is 1.43 bits per heavy atom. The first-order valence-electron chi connectivity index (χ1n) is 6.11. The number of nitro benzene ring substituents is 1. The van der Waals surface area contributed by atoms with Gasteiger partial charge in [-0.2, -0.15) is 0 Å². The van der Waals surface area contributed by atoms with Gasteiger partial charge in [-0.05, 0) is 24.9 Å². The molecule has 114 valence electrons. The van der Waals surface area contributed by atoms with Crippen molar-refractivity contribution in [3.63, 3.8) is 0 Å². The molecule has 1 aromatic carbocycles. The number of aliphatic carboxylic acids is 1. The number of benzene rings is 1. The van der Waals surface area contributed by atoms with Gasteiger partial charge in [-0.1, -0.05) is 12.1 Å². The minimum atomic E-state index is -1.14. The van der Waals surface area contributed by atoms with Gasteiger partial charge in [0.05, 0.1) is 11.3 Å². The molecule has 0 saturated carbocycles. The first-order chi connectivity index (χ1) is 9.95. The van der Waals surface area contributed by atoms with Crippen molar-refractivity contribution in [1.29, 1.82) is 0 Å². The van der Waals surface area contributed by atoms with Crippen molar-refractivity contribution in [2.75, 3.05) is 6.54 Å². The number of amides is 1. The van der Waals surface area contributed by atoms with Crippen molar-refractivity contribution in [3.8, 4) is 0 Å². The highest BCUT2D eigenvalue weighted by Crippen LogP contribution is 2.27. The average Bonchev–Trinajstić information content (AvgIpc) is 2.43. The number of carbonyl (C=O) groups excluding carboxylic acids is 1. The van der Waals surface area contributed by atoms with Crippen LogP contribution in [0.3, 0.4) is 0 Å². The lowest BCUT2D eigenvalue weighted by Crippen LogP contribution is -2.42. The fraction of sp³-hybridized carbons (Fsp3) is 0.333.